The number of hydrogen-bond acceptors (Lipinski definition) is 4. The maximum Gasteiger partial charge on any atom is 0.327 e. The molecule has 1 atom stereocenters. The van der Waals surface area contributed by atoms with E-state index in [1.807, 2.05) is 13.8 Å². The Bertz CT molecular complexity index is 252. The van der Waals surface area contributed by atoms with Gasteiger partial charge in [-0.25, -0.2) is 0 Å². The first-order valence-corrected chi connectivity index (χ1v) is 7.27. The van der Waals surface area contributed by atoms with E-state index >= 15 is 0 Å². The van der Waals surface area contributed by atoms with Gasteiger partial charge >= 0.3 is 5.97 Å². The monoisotopic (exact) mass is 256 g/mol. The van der Waals surface area contributed by atoms with Crippen LogP contribution in [0.15, 0.2) is 0 Å². The quantitative estimate of drug-likeness (QED) is 0.705. The van der Waals surface area contributed by atoms with E-state index in [2.05, 4.69) is 17.1 Å². The lowest BCUT2D eigenvalue weighted by Crippen LogP contribution is -2.58. The summed E-state index contributed by atoms with van der Waals surface area (Å²) in [6.07, 6.45) is 4.82. The van der Waals surface area contributed by atoms with Crippen molar-refractivity contribution in [2.75, 3.05) is 32.8 Å². The van der Waals surface area contributed by atoms with Gasteiger partial charge in [0.15, 0.2) is 0 Å². The lowest BCUT2D eigenvalue weighted by molar-refractivity contribution is -0.151. The fraction of sp³-hybridized carbons (Fsp3) is 0.929. The number of likely N-dealkylation sites (tertiary alicyclic amines) is 1. The molecular formula is C14H28N2O2. The smallest absolute Gasteiger partial charge is 0.327 e. The Morgan fingerprint density at radius 1 is 1.28 bits per heavy atom. The molecule has 106 valence electrons. The Hall–Kier alpha value is -0.610. The Kier molecular flexibility index (Phi) is 6.65. The zero-order valence-electron chi connectivity index (χ0n) is 12.1. The van der Waals surface area contributed by atoms with Crippen LogP contribution in [0.25, 0.3) is 0 Å². The third-order valence-corrected chi connectivity index (χ3v) is 3.48. The fourth-order valence-corrected chi connectivity index (χ4v) is 2.45. The number of carbonyl (C=O) groups excluding carboxylic acids is 1. The lowest BCUT2D eigenvalue weighted by atomic mass is 9.99. The summed E-state index contributed by atoms with van der Waals surface area (Å²) in [5.41, 5.74) is -0.566. The molecule has 1 aliphatic heterocycles. The Labute approximate surface area is 111 Å². The van der Waals surface area contributed by atoms with Gasteiger partial charge in [-0.05, 0) is 52.7 Å². The van der Waals surface area contributed by atoms with Crippen LogP contribution in [-0.4, -0.2) is 49.2 Å². The highest BCUT2D eigenvalue weighted by atomic mass is 16.5. The maximum absolute atomic E-state index is 12.1. The van der Waals surface area contributed by atoms with Crippen molar-refractivity contribution in [1.82, 2.24) is 10.2 Å². The molecule has 1 fully saturated rings. The van der Waals surface area contributed by atoms with Crippen LogP contribution in [0.2, 0.25) is 0 Å². The molecular weight excluding hydrogens is 228 g/mol. The van der Waals surface area contributed by atoms with Crippen molar-refractivity contribution in [1.29, 1.82) is 0 Å². The average molecular weight is 256 g/mol. The fourth-order valence-electron chi connectivity index (χ4n) is 2.45. The van der Waals surface area contributed by atoms with Crippen molar-refractivity contribution in [2.24, 2.45) is 0 Å². The minimum absolute atomic E-state index is 0.121. The Morgan fingerprint density at radius 3 is 2.50 bits per heavy atom. The second-order valence-electron chi connectivity index (χ2n) is 5.32. The highest BCUT2D eigenvalue weighted by molar-refractivity contribution is 5.80. The van der Waals surface area contributed by atoms with Gasteiger partial charge in [0.2, 0.25) is 0 Å². The first kappa shape index (κ1) is 15.4. The third kappa shape index (κ3) is 4.58. The number of esters is 1. The predicted octanol–water partition coefficient (Wildman–Crippen LogP) is 1.79. The van der Waals surface area contributed by atoms with Gasteiger partial charge < -0.3 is 15.0 Å². The zero-order valence-corrected chi connectivity index (χ0v) is 12.1. The molecule has 4 heteroatoms. The number of nitrogens with one attached hydrogen (secondary N) is 1. The van der Waals surface area contributed by atoms with E-state index in [-0.39, 0.29) is 5.97 Å². The summed E-state index contributed by atoms with van der Waals surface area (Å²) in [5.74, 6) is -0.121. The first-order valence-electron chi connectivity index (χ1n) is 7.27. The molecule has 0 radical (unpaired) electrons. The highest BCUT2D eigenvalue weighted by Gasteiger charge is 2.36. The molecule has 0 bridgehead atoms. The van der Waals surface area contributed by atoms with Crippen LogP contribution >= 0.6 is 0 Å². The zero-order chi connectivity index (χ0) is 13.4. The van der Waals surface area contributed by atoms with Crippen molar-refractivity contribution >= 4 is 5.97 Å². The highest BCUT2D eigenvalue weighted by Crippen LogP contribution is 2.15. The molecule has 1 N–H and O–H groups in total. The van der Waals surface area contributed by atoms with Crippen molar-refractivity contribution in [3.63, 3.8) is 0 Å². The minimum atomic E-state index is -0.566. The molecule has 0 aliphatic carbocycles. The normalized spacial score (nSPS) is 20.4. The van der Waals surface area contributed by atoms with Crippen molar-refractivity contribution in [3.8, 4) is 0 Å². The number of piperidine rings is 1. The number of ether oxygens (including phenoxy) is 1. The summed E-state index contributed by atoms with van der Waals surface area (Å²) in [4.78, 5) is 14.5. The number of carbonyl (C=O) groups is 1. The van der Waals surface area contributed by atoms with Gasteiger partial charge in [0, 0.05) is 6.54 Å². The van der Waals surface area contributed by atoms with Crippen molar-refractivity contribution in [2.45, 2.75) is 52.0 Å². The largest absolute Gasteiger partial charge is 0.465 e. The summed E-state index contributed by atoms with van der Waals surface area (Å²) in [6, 6.07) is 0. The van der Waals surface area contributed by atoms with E-state index < -0.39 is 5.54 Å². The van der Waals surface area contributed by atoms with Gasteiger partial charge in [-0.1, -0.05) is 13.3 Å². The molecule has 0 aromatic heterocycles. The number of nitrogens with zero attached hydrogens (tertiary/aromatic N) is 1. The van der Waals surface area contributed by atoms with Crippen LogP contribution in [0.3, 0.4) is 0 Å². The SMILES string of the molecule is CCCNC(C)(CN1CCCCC1)C(=O)OCC. The van der Waals surface area contributed by atoms with E-state index in [0.29, 0.717) is 6.61 Å². The summed E-state index contributed by atoms with van der Waals surface area (Å²) in [6.45, 7) is 10.2. The van der Waals surface area contributed by atoms with Crippen LogP contribution in [0.5, 0.6) is 0 Å². The van der Waals surface area contributed by atoms with E-state index in [9.17, 15) is 4.79 Å². The molecule has 18 heavy (non-hydrogen) atoms. The second-order valence-corrected chi connectivity index (χ2v) is 5.32. The van der Waals surface area contributed by atoms with Gasteiger partial charge in [0.1, 0.15) is 5.54 Å². The maximum atomic E-state index is 12.1. The van der Waals surface area contributed by atoms with Gasteiger partial charge in [-0.3, -0.25) is 4.79 Å². The van der Waals surface area contributed by atoms with Crippen LogP contribution < -0.4 is 5.32 Å². The third-order valence-electron chi connectivity index (χ3n) is 3.48. The van der Waals surface area contributed by atoms with Gasteiger partial charge in [-0.15, -0.1) is 0 Å². The molecule has 0 aromatic carbocycles. The van der Waals surface area contributed by atoms with Crippen molar-refractivity contribution < 1.29 is 9.53 Å². The average Bonchev–Trinajstić information content (AvgIpc) is 2.38. The first-order chi connectivity index (χ1) is 8.62. The molecule has 0 spiro atoms. The van der Waals surface area contributed by atoms with Crippen LogP contribution in [0.1, 0.15) is 46.5 Å². The van der Waals surface area contributed by atoms with Crippen LogP contribution in [0.4, 0.5) is 0 Å². The Balaban J connectivity index is 2.59. The minimum Gasteiger partial charge on any atom is -0.465 e. The summed E-state index contributed by atoms with van der Waals surface area (Å²) in [5, 5.41) is 3.36. The molecule has 4 nitrogen and oxygen atoms in total. The molecule has 1 aliphatic rings. The van der Waals surface area contributed by atoms with Gasteiger partial charge in [0.25, 0.3) is 0 Å². The Morgan fingerprint density at radius 2 is 1.94 bits per heavy atom. The summed E-state index contributed by atoms with van der Waals surface area (Å²) >= 11 is 0. The van der Waals surface area contributed by atoms with E-state index in [4.69, 9.17) is 4.74 Å². The molecule has 0 saturated carbocycles. The molecule has 1 heterocycles. The molecule has 1 unspecified atom stereocenters. The van der Waals surface area contributed by atoms with Crippen LogP contribution in [-0.2, 0) is 9.53 Å². The van der Waals surface area contributed by atoms with E-state index in [1.165, 1.54) is 19.3 Å². The van der Waals surface area contributed by atoms with E-state index in [0.717, 1.165) is 32.6 Å². The lowest BCUT2D eigenvalue weighted by Gasteiger charge is -2.36. The molecule has 0 amide bonds. The van der Waals surface area contributed by atoms with E-state index in [1.54, 1.807) is 0 Å². The number of hydrogen-bond donors (Lipinski definition) is 1. The summed E-state index contributed by atoms with van der Waals surface area (Å²) in [7, 11) is 0. The van der Waals surface area contributed by atoms with Crippen LogP contribution in [0, 0.1) is 0 Å². The van der Waals surface area contributed by atoms with Crippen molar-refractivity contribution in [3.05, 3.63) is 0 Å². The standard InChI is InChI=1S/C14H28N2O2/c1-4-9-15-14(3,13(17)18-5-2)12-16-10-7-6-8-11-16/h15H,4-12H2,1-3H3. The second kappa shape index (κ2) is 7.74. The summed E-state index contributed by atoms with van der Waals surface area (Å²) < 4.78 is 5.22. The predicted molar refractivity (Wildman–Crippen MR) is 73.6 cm³/mol. The number of rotatable bonds is 7. The molecule has 1 rings (SSSR count). The molecule has 1 saturated heterocycles. The van der Waals surface area contributed by atoms with Gasteiger partial charge in [0.05, 0.1) is 6.61 Å². The van der Waals surface area contributed by atoms with Gasteiger partial charge in [-0.2, -0.15) is 0 Å². The molecule has 0 aromatic rings. The topological polar surface area (TPSA) is 41.6 Å².